The van der Waals surface area contributed by atoms with Gasteiger partial charge in [0.25, 0.3) is 0 Å². The predicted molar refractivity (Wildman–Crippen MR) is 75.9 cm³/mol. The lowest BCUT2D eigenvalue weighted by Crippen LogP contribution is -2.29. The molecule has 1 aliphatic rings. The molecule has 0 bridgehead atoms. The van der Waals surface area contributed by atoms with Gasteiger partial charge in [-0.25, -0.2) is 0 Å². The molecule has 98 valence electrons. The monoisotopic (exact) mass is 246 g/mol. The van der Waals surface area contributed by atoms with Gasteiger partial charge in [0.15, 0.2) is 0 Å². The number of benzene rings is 1. The SMILES string of the molecule is CCCCCCC1Cc2ccc(B(O)O)cc2C1. The maximum atomic E-state index is 9.18. The summed E-state index contributed by atoms with van der Waals surface area (Å²) >= 11 is 0. The molecule has 1 aromatic rings. The van der Waals surface area contributed by atoms with Crippen LogP contribution in [0.3, 0.4) is 0 Å². The van der Waals surface area contributed by atoms with Gasteiger partial charge in [-0.15, -0.1) is 0 Å². The zero-order chi connectivity index (χ0) is 13.0. The number of hydrogen-bond donors (Lipinski definition) is 2. The van der Waals surface area contributed by atoms with Gasteiger partial charge in [-0.3, -0.25) is 0 Å². The summed E-state index contributed by atoms with van der Waals surface area (Å²) in [5, 5.41) is 18.4. The summed E-state index contributed by atoms with van der Waals surface area (Å²) in [4.78, 5) is 0. The molecule has 1 aromatic carbocycles. The summed E-state index contributed by atoms with van der Waals surface area (Å²) in [5.74, 6) is 0.767. The highest BCUT2D eigenvalue weighted by Gasteiger charge is 2.22. The second-order valence-electron chi connectivity index (χ2n) is 5.53. The van der Waals surface area contributed by atoms with Crippen LogP contribution >= 0.6 is 0 Å². The molecule has 0 saturated heterocycles. The second kappa shape index (κ2) is 6.39. The van der Waals surface area contributed by atoms with Gasteiger partial charge in [-0.05, 0) is 41.8 Å². The third-order valence-electron chi connectivity index (χ3n) is 4.01. The summed E-state index contributed by atoms with van der Waals surface area (Å²) in [5.41, 5.74) is 3.35. The normalized spacial score (nSPS) is 17.8. The van der Waals surface area contributed by atoms with Crippen LogP contribution in [-0.2, 0) is 12.8 Å². The molecular formula is C15H23BO2. The number of hydrogen-bond acceptors (Lipinski definition) is 2. The molecule has 18 heavy (non-hydrogen) atoms. The van der Waals surface area contributed by atoms with Crippen molar-refractivity contribution in [3.8, 4) is 0 Å². The van der Waals surface area contributed by atoms with Crippen molar-refractivity contribution in [2.24, 2.45) is 5.92 Å². The minimum absolute atomic E-state index is 0.625. The molecule has 0 saturated carbocycles. The zero-order valence-electron chi connectivity index (χ0n) is 11.2. The largest absolute Gasteiger partial charge is 0.488 e. The minimum atomic E-state index is -1.33. The first-order valence-electron chi connectivity index (χ1n) is 7.18. The fraction of sp³-hybridized carbons (Fsp3) is 0.600. The van der Waals surface area contributed by atoms with Crippen molar-refractivity contribution in [1.29, 1.82) is 0 Å². The van der Waals surface area contributed by atoms with E-state index in [2.05, 4.69) is 13.0 Å². The lowest BCUT2D eigenvalue weighted by molar-refractivity contribution is 0.425. The molecule has 0 heterocycles. The van der Waals surface area contributed by atoms with Crippen LogP contribution in [0.5, 0.6) is 0 Å². The van der Waals surface area contributed by atoms with Gasteiger partial charge in [0, 0.05) is 0 Å². The van der Waals surface area contributed by atoms with Gasteiger partial charge in [0.05, 0.1) is 0 Å². The Morgan fingerprint density at radius 2 is 1.89 bits per heavy atom. The molecule has 2 nitrogen and oxygen atoms in total. The molecular weight excluding hydrogens is 223 g/mol. The molecule has 0 radical (unpaired) electrons. The lowest BCUT2D eigenvalue weighted by Gasteiger charge is -2.07. The third-order valence-corrected chi connectivity index (χ3v) is 4.01. The smallest absolute Gasteiger partial charge is 0.423 e. The van der Waals surface area contributed by atoms with E-state index in [0.29, 0.717) is 5.46 Å². The molecule has 2 N–H and O–H groups in total. The van der Waals surface area contributed by atoms with E-state index in [1.165, 1.54) is 49.7 Å². The highest BCUT2D eigenvalue weighted by atomic mass is 16.4. The van der Waals surface area contributed by atoms with Crippen LogP contribution in [0, 0.1) is 5.92 Å². The summed E-state index contributed by atoms with van der Waals surface area (Å²) < 4.78 is 0. The van der Waals surface area contributed by atoms with Crippen LogP contribution in [-0.4, -0.2) is 17.2 Å². The van der Waals surface area contributed by atoms with E-state index in [-0.39, 0.29) is 0 Å². The van der Waals surface area contributed by atoms with Crippen molar-refractivity contribution in [2.75, 3.05) is 0 Å². The van der Waals surface area contributed by atoms with Crippen molar-refractivity contribution in [1.82, 2.24) is 0 Å². The first-order chi connectivity index (χ1) is 8.70. The zero-order valence-corrected chi connectivity index (χ0v) is 11.2. The van der Waals surface area contributed by atoms with Crippen LogP contribution in [0.2, 0.25) is 0 Å². The van der Waals surface area contributed by atoms with E-state index in [0.717, 1.165) is 12.3 Å². The van der Waals surface area contributed by atoms with Gasteiger partial charge in [-0.1, -0.05) is 50.8 Å². The lowest BCUT2D eigenvalue weighted by atomic mass is 9.79. The molecule has 0 aromatic heterocycles. The quantitative estimate of drug-likeness (QED) is 0.595. The average Bonchev–Trinajstić information content (AvgIpc) is 2.76. The fourth-order valence-electron chi connectivity index (χ4n) is 2.95. The molecule has 0 aliphatic heterocycles. The first kappa shape index (κ1) is 13.6. The van der Waals surface area contributed by atoms with Gasteiger partial charge in [0.1, 0.15) is 0 Å². The molecule has 1 aliphatic carbocycles. The van der Waals surface area contributed by atoms with E-state index in [4.69, 9.17) is 0 Å². The predicted octanol–water partition coefficient (Wildman–Crippen LogP) is 2.05. The van der Waals surface area contributed by atoms with E-state index >= 15 is 0 Å². The maximum absolute atomic E-state index is 9.18. The summed E-state index contributed by atoms with van der Waals surface area (Å²) in [6.07, 6.45) is 8.92. The van der Waals surface area contributed by atoms with E-state index < -0.39 is 7.12 Å². The Hall–Kier alpha value is -0.795. The van der Waals surface area contributed by atoms with Crippen molar-refractivity contribution < 1.29 is 10.0 Å². The molecule has 0 fully saturated rings. The molecule has 2 rings (SSSR count). The van der Waals surface area contributed by atoms with Gasteiger partial charge >= 0.3 is 7.12 Å². The van der Waals surface area contributed by atoms with E-state index in [1.807, 2.05) is 12.1 Å². The second-order valence-corrected chi connectivity index (χ2v) is 5.53. The van der Waals surface area contributed by atoms with Gasteiger partial charge < -0.3 is 10.0 Å². The highest BCUT2D eigenvalue weighted by molar-refractivity contribution is 6.58. The van der Waals surface area contributed by atoms with Gasteiger partial charge in [-0.2, -0.15) is 0 Å². The van der Waals surface area contributed by atoms with Crippen molar-refractivity contribution in [3.63, 3.8) is 0 Å². The summed E-state index contributed by atoms with van der Waals surface area (Å²) in [7, 11) is -1.33. The Morgan fingerprint density at radius 1 is 1.11 bits per heavy atom. The number of fused-ring (bicyclic) bond motifs is 1. The molecule has 1 atom stereocenters. The molecule has 0 amide bonds. The third kappa shape index (κ3) is 3.36. The van der Waals surface area contributed by atoms with Crippen molar-refractivity contribution in [3.05, 3.63) is 29.3 Å². The fourth-order valence-corrected chi connectivity index (χ4v) is 2.95. The highest BCUT2D eigenvalue weighted by Crippen LogP contribution is 2.29. The Bertz CT molecular complexity index is 390. The van der Waals surface area contributed by atoms with Crippen LogP contribution in [0.1, 0.15) is 50.2 Å². The number of rotatable bonds is 6. The Morgan fingerprint density at radius 3 is 2.61 bits per heavy atom. The summed E-state index contributed by atoms with van der Waals surface area (Å²) in [6, 6.07) is 5.87. The van der Waals surface area contributed by atoms with Gasteiger partial charge in [0.2, 0.25) is 0 Å². The van der Waals surface area contributed by atoms with Crippen LogP contribution in [0.25, 0.3) is 0 Å². The topological polar surface area (TPSA) is 40.5 Å². The van der Waals surface area contributed by atoms with E-state index in [9.17, 15) is 10.0 Å². The van der Waals surface area contributed by atoms with Crippen molar-refractivity contribution >= 4 is 12.6 Å². The van der Waals surface area contributed by atoms with Crippen LogP contribution in [0.15, 0.2) is 18.2 Å². The van der Waals surface area contributed by atoms with Crippen LogP contribution < -0.4 is 5.46 Å². The first-order valence-corrected chi connectivity index (χ1v) is 7.18. The van der Waals surface area contributed by atoms with E-state index in [1.54, 1.807) is 0 Å². The minimum Gasteiger partial charge on any atom is -0.423 e. The number of unbranched alkanes of at least 4 members (excludes halogenated alkanes) is 3. The molecule has 3 heteroatoms. The standard InChI is InChI=1S/C15H23BO2/c1-2-3-4-5-6-12-9-13-7-8-15(16(17)18)11-14(13)10-12/h7-8,11-12,17-18H,2-6,9-10H2,1H3. The Balaban J connectivity index is 1.87. The molecule has 0 spiro atoms. The molecule has 1 unspecified atom stereocenters. The summed E-state index contributed by atoms with van der Waals surface area (Å²) in [6.45, 7) is 2.24. The Labute approximate surface area is 110 Å². The van der Waals surface area contributed by atoms with Crippen molar-refractivity contribution in [2.45, 2.75) is 51.9 Å². The van der Waals surface area contributed by atoms with Crippen LogP contribution in [0.4, 0.5) is 0 Å². The Kier molecular flexibility index (Phi) is 4.84. The average molecular weight is 246 g/mol. The maximum Gasteiger partial charge on any atom is 0.488 e.